The molecule has 0 aliphatic heterocycles. The molecule has 1 aromatic rings. The Morgan fingerprint density at radius 2 is 1.96 bits per heavy atom. The van der Waals surface area contributed by atoms with Gasteiger partial charge in [-0.15, -0.1) is 0 Å². The molecule has 146 valence electrons. The van der Waals surface area contributed by atoms with Crippen LogP contribution in [0.3, 0.4) is 0 Å². The lowest BCUT2D eigenvalue weighted by molar-refractivity contribution is -0.157. The van der Waals surface area contributed by atoms with Crippen molar-refractivity contribution >= 4 is 18.0 Å². The summed E-state index contributed by atoms with van der Waals surface area (Å²) in [5.41, 5.74) is 2.51. The maximum atomic E-state index is 12.8. The van der Waals surface area contributed by atoms with Crippen LogP contribution in [-0.2, 0) is 20.9 Å². The third-order valence-electron chi connectivity index (χ3n) is 5.42. The highest BCUT2D eigenvalue weighted by Crippen LogP contribution is 2.33. The normalized spacial score (nSPS) is 19.4. The molecular formula is C20H27N3O4. The molecule has 0 aromatic carbocycles. The zero-order valence-electron chi connectivity index (χ0n) is 15.4. The third kappa shape index (κ3) is 5.14. The first-order chi connectivity index (χ1) is 13.1. The topological polar surface area (TPSA) is 101 Å². The smallest absolute Gasteiger partial charge is 0.326 e. The van der Waals surface area contributed by atoms with Gasteiger partial charge in [0.2, 0.25) is 0 Å². The fourth-order valence-corrected chi connectivity index (χ4v) is 3.81. The van der Waals surface area contributed by atoms with Crippen LogP contribution in [-0.4, -0.2) is 33.7 Å². The Hall–Kier alpha value is -2.25. The van der Waals surface area contributed by atoms with Gasteiger partial charge in [0.15, 0.2) is 0 Å². The maximum absolute atomic E-state index is 12.8. The fraction of sp³-hybridized carbons (Fsp3) is 0.550. The lowest BCUT2D eigenvalue weighted by Gasteiger charge is -2.29. The second-order valence-corrected chi connectivity index (χ2v) is 7.35. The summed E-state index contributed by atoms with van der Waals surface area (Å²) in [6.45, 7) is 0.487. The minimum atomic E-state index is -0.595. The quantitative estimate of drug-likeness (QED) is 0.294. The van der Waals surface area contributed by atoms with E-state index in [0.29, 0.717) is 6.54 Å². The van der Waals surface area contributed by atoms with Crippen LogP contribution in [0.1, 0.15) is 62.6 Å². The minimum Gasteiger partial charge on any atom is -0.461 e. The van der Waals surface area contributed by atoms with Crippen molar-refractivity contribution in [1.29, 1.82) is 0 Å². The van der Waals surface area contributed by atoms with Gasteiger partial charge < -0.3 is 4.74 Å². The molecule has 7 nitrogen and oxygen atoms in total. The number of ether oxygens (including phenoxy) is 1. The number of amides is 1. The minimum absolute atomic E-state index is 0.0806. The largest absolute Gasteiger partial charge is 0.461 e. The summed E-state index contributed by atoms with van der Waals surface area (Å²) in [6.07, 6.45) is 12.4. The molecule has 2 aliphatic rings. The van der Waals surface area contributed by atoms with Gasteiger partial charge in [-0.25, -0.2) is 5.48 Å². The van der Waals surface area contributed by atoms with E-state index < -0.39 is 11.4 Å². The van der Waals surface area contributed by atoms with Crippen molar-refractivity contribution in [3.63, 3.8) is 0 Å². The number of hydrogen-bond acceptors (Lipinski definition) is 6. The predicted octanol–water partition coefficient (Wildman–Crippen LogP) is 2.49. The predicted molar refractivity (Wildman–Crippen MR) is 99.6 cm³/mol. The van der Waals surface area contributed by atoms with E-state index in [4.69, 9.17) is 9.94 Å². The van der Waals surface area contributed by atoms with Crippen molar-refractivity contribution in [2.24, 2.45) is 0 Å². The lowest BCUT2D eigenvalue weighted by atomic mass is 9.97. The van der Waals surface area contributed by atoms with Gasteiger partial charge in [0.05, 0.1) is 5.69 Å². The number of aromatic nitrogens is 1. The molecule has 2 fully saturated rings. The molecule has 3 N–H and O–H groups in total. The summed E-state index contributed by atoms with van der Waals surface area (Å²) in [5, 5.41) is 11.9. The molecule has 0 saturated heterocycles. The molecule has 2 saturated carbocycles. The first-order valence-corrected chi connectivity index (χ1v) is 9.64. The first kappa shape index (κ1) is 19.5. The Morgan fingerprint density at radius 1 is 1.22 bits per heavy atom. The number of hydrogen-bond donors (Lipinski definition) is 3. The number of pyridine rings is 1. The van der Waals surface area contributed by atoms with Crippen molar-refractivity contribution in [2.45, 2.75) is 69.6 Å². The van der Waals surface area contributed by atoms with Gasteiger partial charge >= 0.3 is 5.97 Å². The number of hydroxylamine groups is 1. The van der Waals surface area contributed by atoms with Gasteiger partial charge in [-0.2, -0.15) is 0 Å². The van der Waals surface area contributed by atoms with Gasteiger partial charge in [-0.3, -0.25) is 25.1 Å². The van der Waals surface area contributed by atoms with Crippen LogP contribution >= 0.6 is 0 Å². The Balaban J connectivity index is 1.58. The second-order valence-electron chi connectivity index (χ2n) is 7.35. The third-order valence-corrected chi connectivity index (χ3v) is 5.42. The van der Waals surface area contributed by atoms with Gasteiger partial charge in [0.25, 0.3) is 5.91 Å². The molecule has 1 aromatic heterocycles. The molecule has 0 bridgehead atoms. The van der Waals surface area contributed by atoms with E-state index in [9.17, 15) is 9.59 Å². The summed E-state index contributed by atoms with van der Waals surface area (Å²) in [4.78, 5) is 28.2. The average molecular weight is 373 g/mol. The summed E-state index contributed by atoms with van der Waals surface area (Å²) >= 11 is 0. The summed E-state index contributed by atoms with van der Waals surface area (Å²) in [6, 6.07) is 3.69. The molecular weight excluding hydrogens is 346 g/mol. The van der Waals surface area contributed by atoms with Crippen LogP contribution in [0.4, 0.5) is 0 Å². The van der Waals surface area contributed by atoms with Crippen molar-refractivity contribution in [2.75, 3.05) is 0 Å². The zero-order valence-corrected chi connectivity index (χ0v) is 15.4. The standard InChI is InChI=1S/C20H27N3O4/c24-18(23-26)10-8-15-7-9-16(21-13-15)14-22-20(11-3-4-12-20)19(25)27-17-5-1-2-6-17/h7-10,13,17,22,26H,1-6,11-12,14H2,(H,23,24)/b10-8+. The maximum Gasteiger partial charge on any atom is 0.326 e. The second kappa shape index (κ2) is 9.10. The van der Waals surface area contributed by atoms with E-state index in [0.717, 1.165) is 62.6 Å². The van der Waals surface area contributed by atoms with E-state index >= 15 is 0 Å². The van der Waals surface area contributed by atoms with E-state index in [1.165, 1.54) is 11.6 Å². The van der Waals surface area contributed by atoms with Crippen molar-refractivity contribution in [3.8, 4) is 0 Å². The number of esters is 1. The highest BCUT2D eigenvalue weighted by molar-refractivity contribution is 5.90. The summed E-state index contributed by atoms with van der Waals surface area (Å²) in [5.74, 6) is -0.703. The monoisotopic (exact) mass is 373 g/mol. The van der Waals surface area contributed by atoms with E-state index in [1.54, 1.807) is 12.3 Å². The van der Waals surface area contributed by atoms with E-state index in [-0.39, 0.29) is 12.1 Å². The number of carbonyl (C=O) groups excluding carboxylic acids is 2. The van der Waals surface area contributed by atoms with Gasteiger partial charge in [0, 0.05) is 18.8 Å². The molecule has 1 heterocycles. The Kier molecular flexibility index (Phi) is 6.58. The van der Waals surface area contributed by atoms with E-state index in [2.05, 4.69) is 10.3 Å². The van der Waals surface area contributed by atoms with Crippen LogP contribution < -0.4 is 10.8 Å². The van der Waals surface area contributed by atoms with E-state index in [1.807, 2.05) is 12.1 Å². The molecule has 3 rings (SSSR count). The highest BCUT2D eigenvalue weighted by Gasteiger charge is 2.43. The van der Waals surface area contributed by atoms with Gasteiger partial charge in [-0.05, 0) is 56.2 Å². The van der Waals surface area contributed by atoms with Crippen molar-refractivity contribution < 1.29 is 19.5 Å². The van der Waals surface area contributed by atoms with Crippen LogP contribution in [0.5, 0.6) is 0 Å². The van der Waals surface area contributed by atoms with Crippen LogP contribution in [0.2, 0.25) is 0 Å². The molecule has 27 heavy (non-hydrogen) atoms. The number of carbonyl (C=O) groups is 2. The molecule has 7 heteroatoms. The SMILES string of the molecule is O=C(/C=C/c1ccc(CNC2(C(=O)OC3CCCC3)CCCC2)nc1)NO. The Bertz CT molecular complexity index is 675. The number of nitrogens with one attached hydrogen (secondary N) is 2. The van der Waals surface area contributed by atoms with Crippen molar-refractivity contribution in [1.82, 2.24) is 15.8 Å². The Morgan fingerprint density at radius 3 is 2.59 bits per heavy atom. The van der Waals surface area contributed by atoms with Crippen molar-refractivity contribution in [3.05, 3.63) is 35.7 Å². The molecule has 1 amide bonds. The molecule has 0 radical (unpaired) electrons. The molecule has 0 unspecified atom stereocenters. The summed E-state index contributed by atoms with van der Waals surface area (Å²) in [7, 11) is 0. The molecule has 0 atom stereocenters. The van der Waals surface area contributed by atoms with Gasteiger partial charge in [-0.1, -0.05) is 18.9 Å². The van der Waals surface area contributed by atoms with Crippen LogP contribution in [0, 0.1) is 0 Å². The summed E-state index contributed by atoms with van der Waals surface area (Å²) < 4.78 is 5.78. The highest BCUT2D eigenvalue weighted by atomic mass is 16.5. The molecule has 2 aliphatic carbocycles. The Labute approximate surface area is 159 Å². The average Bonchev–Trinajstić information content (AvgIpc) is 3.38. The molecule has 0 spiro atoms. The lowest BCUT2D eigenvalue weighted by Crippen LogP contribution is -2.51. The first-order valence-electron chi connectivity index (χ1n) is 9.64. The van der Waals surface area contributed by atoms with Crippen LogP contribution in [0.25, 0.3) is 6.08 Å². The van der Waals surface area contributed by atoms with Gasteiger partial charge in [0.1, 0.15) is 11.6 Å². The fourth-order valence-electron chi connectivity index (χ4n) is 3.81. The zero-order chi connectivity index (χ0) is 19.1. The number of rotatable bonds is 7. The van der Waals surface area contributed by atoms with Crippen LogP contribution in [0.15, 0.2) is 24.4 Å². The number of nitrogens with zero attached hydrogens (tertiary/aromatic N) is 1.